The van der Waals surface area contributed by atoms with Crippen molar-refractivity contribution in [1.29, 1.82) is 0 Å². The van der Waals surface area contributed by atoms with E-state index in [0.717, 1.165) is 4.88 Å². The second kappa shape index (κ2) is 5.31. The van der Waals surface area contributed by atoms with Crippen LogP contribution >= 0.6 is 22.9 Å². The van der Waals surface area contributed by atoms with Crippen LogP contribution in [-0.2, 0) is 0 Å². The summed E-state index contributed by atoms with van der Waals surface area (Å²) in [4.78, 5) is 11.9. The molecule has 0 amide bonds. The first kappa shape index (κ1) is 13.8. The molecule has 1 N–H and O–H groups in total. The summed E-state index contributed by atoms with van der Waals surface area (Å²) >= 11 is 7.24. The second-order valence-electron chi connectivity index (χ2n) is 4.21. The van der Waals surface area contributed by atoms with Crippen LogP contribution in [0.25, 0.3) is 16.3 Å². The minimum Gasteiger partial charge on any atom is -0.476 e. The molecule has 0 saturated carbocycles. The molecule has 0 spiro atoms. The van der Waals surface area contributed by atoms with Crippen LogP contribution in [0, 0.1) is 5.82 Å². The standard InChI is InChI=1S/C14H8ClFN2O2S/c15-13-6-5-12(21-13)11-7-10(14(19)20)17-18(11)9-3-1-8(16)2-4-9/h1-7H,(H,19,20). The smallest absolute Gasteiger partial charge is 0.356 e. The fourth-order valence-corrected chi connectivity index (χ4v) is 2.94. The minimum atomic E-state index is -1.13. The summed E-state index contributed by atoms with van der Waals surface area (Å²) in [5, 5.41) is 13.2. The summed E-state index contributed by atoms with van der Waals surface area (Å²) in [5.41, 5.74) is 1.08. The van der Waals surface area contributed by atoms with E-state index in [1.54, 1.807) is 12.1 Å². The number of benzene rings is 1. The molecule has 2 aromatic heterocycles. The number of halogens is 2. The summed E-state index contributed by atoms with van der Waals surface area (Å²) < 4.78 is 15.1. The average molecular weight is 323 g/mol. The van der Waals surface area contributed by atoms with E-state index in [0.29, 0.717) is 15.7 Å². The lowest BCUT2D eigenvalue weighted by atomic mass is 10.2. The molecule has 0 bridgehead atoms. The lowest BCUT2D eigenvalue weighted by Crippen LogP contribution is -2.02. The zero-order chi connectivity index (χ0) is 15.0. The highest BCUT2D eigenvalue weighted by Gasteiger charge is 2.17. The molecule has 0 radical (unpaired) electrons. The van der Waals surface area contributed by atoms with Crippen LogP contribution < -0.4 is 0 Å². The van der Waals surface area contributed by atoms with Gasteiger partial charge in [-0.15, -0.1) is 11.3 Å². The number of hydrogen-bond donors (Lipinski definition) is 1. The molecule has 0 saturated heterocycles. The highest BCUT2D eigenvalue weighted by atomic mass is 35.5. The summed E-state index contributed by atoms with van der Waals surface area (Å²) in [6.07, 6.45) is 0. The molecule has 0 fully saturated rings. The van der Waals surface area contributed by atoms with Gasteiger partial charge in [0.1, 0.15) is 5.82 Å². The number of nitrogens with zero attached hydrogens (tertiary/aromatic N) is 2. The van der Waals surface area contributed by atoms with Crippen molar-refractivity contribution in [3.63, 3.8) is 0 Å². The fraction of sp³-hybridized carbons (Fsp3) is 0. The molecular formula is C14H8ClFN2O2S. The summed E-state index contributed by atoms with van der Waals surface area (Å²) in [7, 11) is 0. The van der Waals surface area contributed by atoms with Crippen molar-refractivity contribution in [2.45, 2.75) is 0 Å². The maximum atomic E-state index is 13.0. The lowest BCUT2D eigenvalue weighted by Gasteiger charge is -2.05. The predicted molar refractivity (Wildman–Crippen MR) is 78.8 cm³/mol. The van der Waals surface area contributed by atoms with Crippen molar-refractivity contribution in [3.05, 3.63) is 58.3 Å². The second-order valence-corrected chi connectivity index (χ2v) is 5.93. The van der Waals surface area contributed by atoms with Crippen LogP contribution in [0.4, 0.5) is 4.39 Å². The highest BCUT2D eigenvalue weighted by Crippen LogP contribution is 2.32. The van der Waals surface area contributed by atoms with E-state index in [-0.39, 0.29) is 11.5 Å². The van der Waals surface area contributed by atoms with Crippen molar-refractivity contribution in [3.8, 4) is 16.3 Å². The van der Waals surface area contributed by atoms with E-state index >= 15 is 0 Å². The van der Waals surface area contributed by atoms with Gasteiger partial charge < -0.3 is 5.11 Å². The molecule has 2 heterocycles. The maximum absolute atomic E-state index is 13.0. The van der Waals surface area contributed by atoms with E-state index in [1.807, 2.05) is 0 Å². The van der Waals surface area contributed by atoms with Crippen molar-refractivity contribution < 1.29 is 14.3 Å². The number of carboxylic acids is 1. The van der Waals surface area contributed by atoms with Crippen LogP contribution in [0.5, 0.6) is 0 Å². The molecule has 21 heavy (non-hydrogen) atoms. The topological polar surface area (TPSA) is 55.1 Å². The monoisotopic (exact) mass is 322 g/mol. The molecule has 0 aliphatic carbocycles. The van der Waals surface area contributed by atoms with Crippen LogP contribution in [0.15, 0.2) is 42.5 Å². The van der Waals surface area contributed by atoms with Gasteiger partial charge in [-0.3, -0.25) is 0 Å². The fourth-order valence-electron chi connectivity index (χ4n) is 1.89. The summed E-state index contributed by atoms with van der Waals surface area (Å²) in [6.45, 7) is 0. The van der Waals surface area contributed by atoms with Gasteiger partial charge in [0.05, 0.1) is 20.6 Å². The maximum Gasteiger partial charge on any atom is 0.356 e. The minimum absolute atomic E-state index is 0.0844. The first-order chi connectivity index (χ1) is 10.0. The Hall–Kier alpha value is -2.18. The average Bonchev–Trinajstić information content (AvgIpc) is 3.05. The first-order valence-electron chi connectivity index (χ1n) is 5.89. The van der Waals surface area contributed by atoms with Gasteiger partial charge in [-0.1, -0.05) is 11.6 Å². The van der Waals surface area contributed by atoms with Gasteiger partial charge >= 0.3 is 5.97 Å². The SMILES string of the molecule is O=C(O)c1cc(-c2ccc(Cl)s2)n(-c2ccc(F)cc2)n1. The summed E-state index contributed by atoms with van der Waals surface area (Å²) in [6, 6.07) is 10.6. The normalized spacial score (nSPS) is 10.8. The van der Waals surface area contributed by atoms with Crippen LogP contribution in [-0.4, -0.2) is 20.9 Å². The number of hydrogen-bond acceptors (Lipinski definition) is 3. The van der Waals surface area contributed by atoms with Gasteiger partial charge in [0.25, 0.3) is 0 Å². The Labute approximate surface area is 128 Å². The first-order valence-corrected chi connectivity index (χ1v) is 7.09. The molecule has 0 aliphatic heterocycles. The van der Waals surface area contributed by atoms with Gasteiger partial charge in [-0.05, 0) is 36.4 Å². The highest BCUT2D eigenvalue weighted by molar-refractivity contribution is 7.19. The largest absolute Gasteiger partial charge is 0.476 e. The Morgan fingerprint density at radius 1 is 1.24 bits per heavy atom. The Morgan fingerprint density at radius 3 is 2.52 bits per heavy atom. The van der Waals surface area contributed by atoms with Gasteiger partial charge in [-0.2, -0.15) is 5.10 Å². The van der Waals surface area contributed by atoms with E-state index in [4.69, 9.17) is 16.7 Å². The van der Waals surface area contributed by atoms with E-state index in [9.17, 15) is 9.18 Å². The number of rotatable bonds is 3. The number of carbonyl (C=O) groups is 1. The molecule has 3 aromatic rings. The predicted octanol–water partition coefficient (Wildman–Crippen LogP) is 4.09. The molecule has 0 aliphatic rings. The Balaban J connectivity index is 2.18. The van der Waals surface area contributed by atoms with Crippen molar-refractivity contribution in [2.24, 2.45) is 0 Å². The third kappa shape index (κ3) is 2.68. The number of aromatic carboxylic acids is 1. The number of carboxylic acid groups (broad SMARTS) is 1. The van der Waals surface area contributed by atoms with Crippen molar-refractivity contribution in [1.82, 2.24) is 9.78 Å². The quantitative estimate of drug-likeness (QED) is 0.790. The number of aromatic nitrogens is 2. The van der Waals surface area contributed by atoms with Crippen LogP contribution in [0.3, 0.4) is 0 Å². The van der Waals surface area contributed by atoms with Crippen molar-refractivity contribution >= 4 is 28.9 Å². The Morgan fingerprint density at radius 2 is 1.95 bits per heavy atom. The zero-order valence-electron chi connectivity index (χ0n) is 10.5. The third-order valence-corrected chi connectivity index (χ3v) is 4.08. The Kier molecular flexibility index (Phi) is 3.48. The molecule has 0 unspecified atom stereocenters. The van der Waals surface area contributed by atoms with Gasteiger partial charge in [0, 0.05) is 6.07 Å². The summed E-state index contributed by atoms with van der Waals surface area (Å²) in [5.74, 6) is -1.50. The van der Waals surface area contributed by atoms with E-state index < -0.39 is 5.97 Å². The van der Waals surface area contributed by atoms with Gasteiger partial charge in [0.2, 0.25) is 0 Å². The van der Waals surface area contributed by atoms with E-state index in [1.165, 1.54) is 46.4 Å². The van der Waals surface area contributed by atoms with E-state index in [2.05, 4.69) is 5.10 Å². The molecular weight excluding hydrogens is 315 g/mol. The molecule has 7 heteroatoms. The zero-order valence-corrected chi connectivity index (χ0v) is 12.0. The number of thiophene rings is 1. The lowest BCUT2D eigenvalue weighted by molar-refractivity contribution is 0.0690. The van der Waals surface area contributed by atoms with Gasteiger partial charge in [0.15, 0.2) is 5.69 Å². The molecule has 1 aromatic carbocycles. The molecule has 106 valence electrons. The third-order valence-electron chi connectivity index (χ3n) is 2.83. The van der Waals surface area contributed by atoms with Crippen LogP contribution in [0.2, 0.25) is 4.34 Å². The molecule has 4 nitrogen and oxygen atoms in total. The van der Waals surface area contributed by atoms with Crippen LogP contribution in [0.1, 0.15) is 10.5 Å². The molecule has 0 atom stereocenters. The van der Waals surface area contributed by atoms with Crippen molar-refractivity contribution in [2.75, 3.05) is 0 Å². The Bertz CT molecular complexity index is 811. The molecule has 3 rings (SSSR count). The van der Waals surface area contributed by atoms with Gasteiger partial charge in [-0.25, -0.2) is 13.9 Å².